The van der Waals surface area contributed by atoms with E-state index >= 15 is 4.20 Å². The van der Waals surface area contributed by atoms with Crippen LogP contribution in [0.15, 0.2) is 0 Å². The summed E-state index contributed by atoms with van der Waals surface area (Å²) in [6, 6.07) is 0. The van der Waals surface area contributed by atoms with Crippen LogP contribution in [0.2, 0.25) is 0 Å². The van der Waals surface area contributed by atoms with Crippen LogP contribution in [-0.2, 0) is 0 Å². The molecule has 0 saturated carbocycles. The Labute approximate surface area is 141 Å². The fourth-order valence-electron chi connectivity index (χ4n) is 6.10. The molecule has 2 heteroatoms. The molecule has 0 saturated heterocycles. The van der Waals surface area contributed by atoms with Crippen LogP contribution in [0.25, 0.3) is 0 Å². The summed E-state index contributed by atoms with van der Waals surface area (Å²) in [6.07, 6.45) is 3.60. The van der Waals surface area contributed by atoms with E-state index in [2.05, 4.69) is 83.1 Å². The molecule has 0 bridgehead atoms. The van der Waals surface area contributed by atoms with Crippen LogP contribution in [0.5, 0.6) is 0 Å². The third-order valence-electron chi connectivity index (χ3n) is 8.01. The zero-order valence-electron chi connectivity index (χ0n) is 17.7. The first-order valence-corrected chi connectivity index (χ1v) is 11.4. The van der Waals surface area contributed by atoms with Crippen molar-refractivity contribution in [3.05, 3.63) is 0 Å². The summed E-state index contributed by atoms with van der Waals surface area (Å²) in [6.45, 7) is 22.8. The van der Waals surface area contributed by atoms with Crippen molar-refractivity contribution in [2.24, 2.45) is 0 Å². The van der Waals surface area contributed by atoms with Crippen molar-refractivity contribution < 1.29 is 4.20 Å². The summed E-state index contributed by atoms with van der Waals surface area (Å²) in [7, 11) is 0. The van der Waals surface area contributed by atoms with Crippen LogP contribution in [-0.4, -0.2) is 20.6 Å². The molecule has 0 heterocycles. The van der Waals surface area contributed by atoms with Gasteiger partial charge in [0, 0.05) is 0 Å². The van der Waals surface area contributed by atoms with Gasteiger partial charge in [0.2, 0.25) is 0 Å². The monoisotopic (exact) mass is 334 g/mol. The van der Waals surface area contributed by atoms with Crippen LogP contribution in [0, 0.1) is 0 Å². The molecule has 0 atom stereocenters. The molecule has 0 spiro atoms. The normalized spacial score (nSPS) is 17.2. The summed E-state index contributed by atoms with van der Waals surface area (Å²) >= 11 is 0. The maximum absolute atomic E-state index is 18.4. The fraction of sp³-hybridized carbons (Fsp3) is 1.00. The van der Waals surface area contributed by atoms with E-state index in [1.165, 1.54) is 0 Å². The summed E-state index contributed by atoms with van der Waals surface area (Å²) in [4.78, 5) is 0. The van der Waals surface area contributed by atoms with Gasteiger partial charge in [-0.05, 0) is 0 Å². The second kappa shape index (κ2) is 6.02. The molecule has 0 aromatic carbocycles. The molecule has 0 N–H and O–H groups in total. The Hall–Kier alpha value is 0.360. The van der Waals surface area contributed by atoms with E-state index in [1.54, 1.807) is 0 Å². The second-order valence-corrected chi connectivity index (χ2v) is 16.5. The molecule has 0 aliphatic heterocycles. The van der Waals surface area contributed by atoms with E-state index in [0.717, 1.165) is 25.7 Å². The molecular weight excluding hydrogens is 290 g/mol. The molecule has 0 aliphatic rings. The van der Waals surface area contributed by atoms with E-state index < -0.39 is 6.91 Å². The summed E-state index contributed by atoms with van der Waals surface area (Å²) in [5.74, 6) is 0. The molecule has 0 unspecified atom stereocenters. The zero-order valence-corrected chi connectivity index (χ0v) is 18.5. The van der Waals surface area contributed by atoms with Crippen molar-refractivity contribution in [1.29, 1.82) is 0 Å². The fourth-order valence-corrected chi connectivity index (χ4v) is 18.3. The first kappa shape index (κ1) is 22.4. The van der Waals surface area contributed by atoms with Crippen molar-refractivity contribution >= 4 is 6.91 Å². The topological polar surface area (TPSA) is 0 Å². The van der Waals surface area contributed by atoms with E-state index in [-0.39, 0.29) is 20.6 Å². The number of halogens is 1. The van der Waals surface area contributed by atoms with Gasteiger partial charge in [0.25, 0.3) is 0 Å². The van der Waals surface area contributed by atoms with Crippen molar-refractivity contribution in [2.45, 2.75) is 129 Å². The van der Waals surface area contributed by atoms with Crippen molar-refractivity contribution in [3.63, 3.8) is 0 Å². The molecule has 0 rings (SSSR count). The van der Waals surface area contributed by atoms with E-state index in [4.69, 9.17) is 0 Å². The third-order valence-corrected chi connectivity index (χ3v) is 18.4. The summed E-state index contributed by atoms with van der Waals surface area (Å²) in [5, 5.41) is -1.15. The third kappa shape index (κ3) is 2.09. The van der Waals surface area contributed by atoms with E-state index in [1.807, 2.05) is 0 Å². The molecule has 136 valence electrons. The molecule has 0 aromatic heterocycles. The van der Waals surface area contributed by atoms with Gasteiger partial charge in [-0.15, -0.1) is 0 Å². The Morgan fingerprint density at radius 3 is 0.727 bits per heavy atom. The Balaban J connectivity index is 7.34. The first-order chi connectivity index (χ1) is 9.58. The zero-order chi connectivity index (χ0) is 18.3. The molecule has 22 heavy (non-hydrogen) atoms. The van der Waals surface area contributed by atoms with E-state index in [9.17, 15) is 0 Å². The average Bonchev–Trinajstić information content (AvgIpc) is 2.45. The molecule has 0 nitrogen and oxygen atoms in total. The van der Waals surface area contributed by atoms with Crippen LogP contribution in [0.4, 0.5) is 4.20 Å². The Morgan fingerprint density at radius 2 is 0.636 bits per heavy atom. The van der Waals surface area contributed by atoms with Gasteiger partial charge in [-0.2, -0.15) is 0 Å². The van der Waals surface area contributed by atoms with Crippen molar-refractivity contribution in [1.82, 2.24) is 0 Å². The molecule has 0 radical (unpaired) electrons. The summed E-state index contributed by atoms with van der Waals surface area (Å²) < 4.78 is 18.4. The summed E-state index contributed by atoms with van der Waals surface area (Å²) in [5.41, 5.74) is 0. The second-order valence-electron chi connectivity index (χ2n) is 9.67. The van der Waals surface area contributed by atoms with Gasteiger partial charge in [0.15, 0.2) is 0 Å². The standard InChI is InChI=1S/C20H44FP/c1-13-17(5,6)22(21,18(7,8)14-2,19(9,10)15-3)20(11,12)16-4/h13-16H2,1-12H3. The molecular formula is C20H44FP. The Kier molecular flexibility index (Phi) is 6.12. The van der Waals surface area contributed by atoms with Gasteiger partial charge in [0.1, 0.15) is 0 Å². The van der Waals surface area contributed by atoms with Gasteiger partial charge < -0.3 is 0 Å². The minimum absolute atomic E-state index is 0.288. The van der Waals surface area contributed by atoms with Crippen LogP contribution >= 0.6 is 6.91 Å². The molecule has 0 amide bonds. The average molecular weight is 335 g/mol. The van der Waals surface area contributed by atoms with Gasteiger partial charge in [0.05, 0.1) is 0 Å². The predicted molar refractivity (Wildman–Crippen MR) is 106 cm³/mol. The number of hydrogen-bond donors (Lipinski definition) is 0. The maximum atomic E-state index is 18.4. The molecule has 0 fully saturated rings. The van der Waals surface area contributed by atoms with Crippen LogP contribution in [0.1, 0.15) is 109 Å². The van der Waals surface area contributed by atoms with Crippen molar-refractivity contribution in [2.75, 3.05) is 0 Å². The van der Waals surface area contributed by atoms with Crippen molar-refractivity contribution in [3.8, 4) is 0 Å². The van der Waals surface area contributed by atoms with Gasteiger partial charge >= 0.3 is 141 Å². The van der Waals surface area contributed by atoms with Gasteiger partial charge in [-0.25, -0.2) is 0 Å². The van der Waals surface area contributed by atoms with Crippen LogP contribution in [0.3, 0.4) is 0 Å². The van der Waals surface area contributed by atoms with Gasteiger partial charge in [-0.1, -0.05) is 0 Å². The first-order valence-electron chi connectivity index (χ1n) is 9.31. The van der Waals surface area contributed by atoms with Gasteiger partial charge in [-0.3, -0.25) is 0 Å². The molecule has 0 aliphatic carbocycles. The Morgan fingerprint density at radius 1 is 0.500 bits per heavy atom. The quantitative estimate of drug-likeness (QED) is 0.392. The molecule has 0 aromatic rings. The predicted octanol–water partition coefficient (Wildman–Crippen LogP) is 8.18. The number of rotatable bonds is 8. The number of hydrogen-bond acceptors (Lipinski definition) is 0. The minimum atomic E-state index is -3.72. The SMILES string of the molecule is CCC(C)(C)P(F)(C(C)(C)CC)(C(C)(C)CC)C(C)(C)CC. The van der Waals surface area contributed by atoms with E-state index in [0.29, 0.717) is 0 Å². The van der Waals surface area contributed by atoms with Crippen LogP contribution < -0.4 is 0 Å². The Bertz CT molecular complexity index is 315.